The molecule has 4 rings (SSSR count). The Kier molecular flexibility index (Phi) is 4.52. The van der Waals surface area contributed by atoms with Gasteiger partial charge >= 0.3 is 6.03 Å². The van der Waals surface area contributed by atoms with Crippen LogP contribution in [-0.4, -0.2) is 33.9 Å². The molecule has 4 amide bonds. The van der Waals surface area contributed by atoms with E-state index < -0.39 is 18.0 Å². The van der Waals surface area contributed by atoms with Gasteiger partial charge in [-0.25, -0.2) is 14.7 Å². The summed E-state index contributed by atoms with van der Waals surface area (Å²) in [7, 11) is 0. The van der Waals surface area contributed by atoms with E-state index >= 15 is 0 Å². The van der Waals surface area contributed by atoms with Gasteiger partial charge in [-0.15, -0.1) is 0 Å². The van der Waals surface area contributed by atoms with Gasteiger partial charge in [0.15, 0.2) is 0 Å². The number of carbonyl (C=O) groups is 3. The quantitative estimate of drug-likeness (QED) is 0.593. The zero-order chi connectivity index (χ0) is 19.7. The molecule has 28 heavy (non-hydrogen) atoms. The number of aromatic nitrogens is 2. The smallest absolute Gasteiger partial charge is 0.329 e. The Morgan fingerprint density at radius 2 is 1.86 bits per heavy atom. The average molecular weight is 377 g/mol. The number of benzene rings is 2. The number of rotatable bonds is 5. The van der Waals surface area contributed by atoms with E-state index in [-0.39, 0.29) is 18.4 Å². The fraction of sp³-hybridized carbons (Fsp3) is 0.200. The van der Waals surface area contributed by atoms with Crippen LogP contribution in [0, 0.1) is 0 Å². The summed E-state index contributed by atoms with van der Waals surface area (Å²) in [5, 5.41) is 5.39. The van der Waals surface area contributed by atoms with Gasteiger partial charge in [-0.3, -0.25) is 9.59 Å². The minimum atomic E-state index is -0.893. The van der Waals surface area contributed by atoms with Crippen molar-refractivity contribution in [3.63, 3.8) is 0 Å². The summed E-state index contributed by atoms with van der Waals surface area (Å²) in [5.74, 6) is -0.161. The molecule has 3 aromatic rings. The molecule has 142 valence electrons. The Morgan fingerprint density at radius 1 is 1.14 bits per heavy atom. The standard InChI is InChI=1S/C20H19N5O3/c1-12(18-22-14-9-5-6-10-15(14)23-18)21-17(26)11-16-19(27)25(20(28)24-16)13-7-3-2-4-8-13/h2-10,12,16H,11H2,1H3,(H,21,26)(H,22,23)(H,24,28)/t12-,16-/m0/s1. The number of para-hydroxylation sites is 3. The van der Waals surface area contributed by atoms with E-state index in [0.717, 1.165) is 15.9 Å². The second-order valence-corrected chi connectivity index (χ2v) is 6.64. The zero-order valence-electron chi connectivity index (χ0n) is 15.2. The Bertz CT molecular complexity index is 1010. The first-order valence-electron chi connectivity index (χ1n) is 8.96. The van der Waals surface area contributed by atoms with Crippen molar-refractivity contribution in [2.24, 2.45) is 0 Å². The number of urea groups is 1. The number of imide groups is 1. The molecule has 2 heterocycles. The van der Waals surface area contributed by atoms with Gasteiger partial charge < -0.3 is 15.6 Å². The SMILES string of the molecule is C[C@H](NC(=O)C[C@@H]1NC(=O)N(c2ccccc2)C1=O)c1nc2ccccc2[nH]1. The third-order valence-electron chi connectivity index (χ3n) is 4.62. The van der Waals surface area contributed by atoms with Gasteiger partial charge in [0.05, 0.1) is 29.2 Å². The van der Waals surface area contributed by atoms with E-state index in [0.29, 0.717) is 11.5 Å². The molecule has 2 aromatic carbocycles. The lowest BCUT2D eigenvalue weighted by atomic mass is 10.1. The average Bonchev–Trinajstić information content (AvgIpc) is 3.23. The summed E-state index contributed by atoms with van der Waals surface area (Å²) in [5.41, 5.74) is 2.18. The van der Waals surface area contributed by atoms with E-state index in [2.05, 4.69) is 20.6 Å². The molecule has 0 radical (unpaired) electrons. The predicted octanol–water partition coefficient (Wildman–Crippen LogP) is 2.26. The summed E-state index contributed by atoms with van der Waals surface area (Å²) in [6, 6.07) is 14.4. The van der Waals surface area contributed by atoms with Crippen LogP contribution in [0.3, 0.4) is 0 Å². The number of imidazole rings is 1. The third kappa shape index (κ3) is 3.32. The first-order valence-corrected chi connectivity index (χ1v) is 8.96. The van der Waals surface area contributed by atoms with Gasteiger partial charge in [0, 0.05) is 0 Å². The molecule has 1 aliphatic rings. The molecule has 0 spiro atoms. The van der Waals surface area contributed by atoms with E-state index in [9.17, 15) is 14.4 Å². The Morgan fingerprint density at radius 3 is 2.61 bits per heavy atom. The number of carbonyl (C=O) groups excluding carboxylic acids is 3. The number of fused-ring (bicyclic) bond motifs is 1. The van der Waals surface area contributed by atoms with Crippen molar-refractivity contribution in [2.45, 2.75) is 25.4 Å². The lowest BCUT2D eigenvalue weighted by Crippen LogP contribution is -2.37. The largest absolute Gasteiger partial charge is 0.346 e. The number of hydrogen-bond donors (Lipinski definition) is 3. The molecule has 8 heteroatoms. The van der Waals surface area contributed by atoms with E-state index in [1.165, 1.54) is 0 Å². The molecule has 8 nitrogen and oxygen atoms in total. The van der Waals surface area contributed by atoms with Gasteiger partial charge in [-0.2, -0.15) is 0 Å². The number of aromatic amines is 1. The highest BCUT2D eigenvalue weighted by molar-refractivity contribution is 6.22. The van der Waals surface area contributed by atoms with Crippen LogP contribution in [0.15, 0.2) is 54.6 Å². The first kappa shape index (κ1) is 17.7. The van der Waals surface area contributed by atoms with Crippen LogP contribution in [0.4, 0.5) is 10.5 Å². The van der Waals surface area contributed by atoms with Crippen LogP contribution in [0.2, 0.25) is 0 Å². The summed E-state index contributed by atoms with van der Waals surface area (Å²) in [6.45, 7) is 1.81. The zero-order valence-corrected chi connectivity index (χ0v) is 15.2. The number of nitrogens with zero attached hydrogens (tertiary/aromatic N) is 2. The van der Waals surface area contributed by atoms with Gasteiger partial charge in [0.2, 0.25) is 5.91 Å². The Balaban J connectivity index is 1.41. The fourth-order valence-corrected chi connectivity index (χ4v) is 3.22. The Labute approximate surface area is 160 Å². The van der Waals surface area contributed by atoms with Crippen molar-refractivity contribution in [3.8, 4) is 0 Å². The normalized spacial score (nSPS) is 17.6. The number of amides is 4. The topological polar surface area (TPSA) is 107 Å². The summed E-state index contributed by atoms with van der Waals surface area (Å²) in [4.78, 5) is 45.8. The van der Waals surface area contributed by atoms with Crippen LogP contribution < -0.4 is 15.5 Å². The molecule has 1 saturated heterocycles. The molecular weight excluding hydrogens is 358 g/mol. The minimum absolute atomic E-state index is 0.140. The molecule has 0 saturated carbocycles. The van der Waals surface area contributed by atoms with Gasteiger partial charge in [0.25, 0.3) is 5.91 Å². The van der Waals surface area contributed by atoms with Crippen molar-refractivity contribution < 1.29 is 14.4 Å². The van der Waals surface area contributed by atoms with Crippen LogP contribution in [0.1, 0.15) is 25.2 Å². The number of anilines is 1. The van der Waals surface area contributed by atoms with Gasteiger partial charge in [-0.1, -0.05) is 30.3 Å². The van der Waals surface area contributed by atoms with Crippen molar-refractivity contribution in [1.82, 2.24) is 20.6 Å². The van der Waals surface area contributed by atoms with E-state index in [1.54, 1.807) is 37.3 Å². The summed E-state index contributed by atoms with van der Waals surface area (Å²) < 4.78 is 0. The lowest BCUT2D eigenvalue weighted by Gasteiger charge is -2.14. The molecule has 0 unspecified atom stereocenters. The Hall–Kier alpha value is -3.68. The maximum atomic E-state index is 12.6. The van der Waals surface area contributed by atoms with Crippen molar-refractivity contribution in [3.05, 3.63) is 60.4 Å². The molecule has 0 bridgehead atoms. The number of H-pyrrole nitrogens is 1. The number of nitrogens with one attached hydrogen (secondary N) is 3. The van der Waals surface area contributed by atoms with Gasteiger partial charge in [0.1, 0.15) is 11.9 Å². The monoisotopic (exact) mass is 377 g/mol. The van der Waals surface area contributed by atoms with Crippen molar-refractivity contribution in [1.29, 1.82) is 0 Å². The molecule has 1 aliphatic heterocycles. The molecule has 1 fully saturated rings. The maximum Gasteiger partial charge on any atom is 0.329 e. The van der Waals surface area contributed by atoms with Gasteiger partial charge in [-0.05, 0) is 31.2 Å². The predicted molar refractivity (Wildman–Crippen MR) is 104 cm³/mol. The second-order valence-electron chi connectivity index (χ2n) is 6.64. The molecule has 1 aromatic heterocycles. The number of hydrogen-bond acceptors (Lipinski definition) is 4. The maximum absolute atomic E-state index is 12.6. The highest BCUT2D eigenvalue weighted by Crippen LogP contribution is 2.20. The molecule has 2 atom stereocenters. The second kappa shape index (κ2) is 7.15. The summed E-state index contributed by atoms with van der Waals surface area (Å²) in [6.07, 6.45) is -0.140. The van der Waals surface area contributed by atoms with Crippen LogP contribution in [-0.2, 0) is 9.59 Å². The fourth-order valence-electron chi connectivity index (χ4n) is 3.22. The highest BCUT2D eigenvalue weighted by atomic mass is 16.2. The van der Waals surface area contributed by atoms with Crippen LogP contribution in [0.25, 0.3) is 11.0 Å². The molecule has 3 N–H and O–H groups in total. The van der Waals surface area contributed by atoms with Crippen molar-refractivity contribution >= 4 is 34.6 Å². The van der Waals surface area contributed by atoms with E-state index in [4.69, 9.17) is 0 Å². The minimum Gasteiger partial charge on any atom is -0.346 e. The van der Waals surface area contributed by atoms with Crippen LogP contribution in [0.5, 0.6) is 0 Å². The molecule has 0 aliphatic carbocycles. The van der Waals surface area contributed by atoms with E-state index in [1.807, 2.05) is 24.3 Å². The van der Waals surface area contributed by atoms with Crippen molar-refractivity contribution in [2.75, 3.05) is 4.90 Å². The first-order chi connectivity index (χ1) is 13.5. The third-order valence-corrected chi connectivity index (χ3v) is 4.62. The van der Waals surface area contributed by atoms with Crippen LogP contribution >= 0.6 is 0 Å². The summed E-state index contributed by atoms with van der Waals surface area (Å²) >= 11 is 0. The molecular formula is C20H19N5O3. The lowest BCUT2D eigenvalue weighted by molar-refractivity contribution is -0.126. The highest BCUT2D eigenvalue weighted by Gasteiger charge is 2.40.